The molecule has 0 heterocycles. The SMILES string of the molecule is CC(C)C(O)C(C)(C)C(O)Cc1ccccc1. The van der Waals surface area contributed by atoms with Crippen molar-refractivity contribution in [2.45, 2.75) is 46.3 Å². The van der Waals surface area contributed by atoms with Crippen LogP contribution in [0.2, 0.25) is 0 Å². The molecule has 0 aromatic heterocycles. The molecule has 0 amide bonds. The fourth-order valence-electron chi connectivity index (χ4n) is 2.16. The topological polar surface area (TPSA) is 40.5 Å². The number of rotatable bonds is 5. The normalized spacial score (nSPS) is 15.9. The van der Waals surface area contributed by atoms with E-state index in [-0.39, 0.29) is 5.92 Å². The van der Waals surface area contributed by atoms with E-state index in [2.05, 4.69) is 0 Å². The first-order chi connectivity index (χ1) is 7.85. The lowest BCUT2D eigenvalue weighted by atomic mass is 9.74. The molecule has 0 aliphatic heterocycles. The lowest BCUT2D eigenvalue weighted by molar-refractivity contribution is -0.0669. The Kier molecular flexibility index (Phi) is 4.72. The Morgan fingerprint density at radius 1 is 1.06 bits per heavy atom. The van der Waals surface area contributed by atoms with Crippen molar-refractivity contribution < 1.29 is 10.2 Å². The molecular weight excluding hydrogens is 212 g/mol. The highest BCUT2D eigenvalue weighted by Gasteiger charge is 2.36. The second-order valence-electron chi connectivity index (χ2n) is 5.72. The lowest BCUT2D eigenvalue weighted by Crippen LogP contribution is -2.44. The molecule has 0 bridgehead atoms. The van der Waals surface area contributed by atoms with Gasteiger partial charge in [-0.05, 0) is 17.9 Å². The van der Waals surface area contributed by atoms with E-state index in [0.717, 1.165) is 5.56 Å². The molecule has 2 heteroatoms. The van der Waals surface area contributed by atoms with Crippen LogP contribution in [0.15, 0.2) is 30.3 Å². The average molecular weight is 236 g/mol. The molecule has 0 aliphatic carbocycles. The van der Waals surface area contributed by atoms with Gasteiger partial charge in [0.05, 0.1) is 12.2 Å². The Hall–Kier alpha value is -0.860. The molecule has 1 aromatic carbocycles. The first kappa shape index (κ1) is 14.2. The lowest BCUT2D eigenvalue weighted by Gasteiger charge is -2.37. The van der Waals surface area contributed by atoms with E-state index in [4.69, 9.17) is 0 Å². The Labute approximate surface area is 104 Å². The fraction of sp³-hybridized carbons (Fsp3) is 0.600. The standard InChI is InChI=1S/C15H24O2/c1-11(2)14(17)15(3,4)13(16)10-12-8-6-5-7-9-12/h5-9,11,13-14,16-17H,10H2,1-4H3. The predicted octanol–water partition coefficient (Wildman–Crippen LogP) is 2.63. The van der Waals surface area contributed by atoms with Gasteiger partial charge in [0.1, 0.15) is 0 Å². The minimum atomic E-state index is -0.540. The summed E-state index contributed by atoms with van der Waals surface area (Å²) in [5.74, 6) is 0.149. The predicted molar refractivity (Wildman–Crippen MR) is 70.8 cm³/mol. The molecular formula is C15H24O2. The maximum absolute atomic E-state index is 10.3. The Bertz CT molecular complexity index is 330. The third-order valence-electron chi connectivity index (χ3n) is 3.52. The molecule has 0 spiro atoms. The number of hydrogen-bond acceptors (Lipinski definition) is 2. The van der Waals surface area contributed by atoms with Gasteiger partial charge in [-0.3, -0.25) is 0 Å². The van der Waals surface area contributed by atoms with E-state index in [9.17, 15) is 10.2 Å². The van der Waals surface area contributed by atoms with Crippen LogP contribution in [0.25, 0.3) is 0 Å². The summed E-state index contributed by atoms with van der Waals surface area (Å²) in [5.41, 5.74) is 0.605. The highest BCUT2D eigenvalue weighted by atomic mass is 16.3. The van der Waals surface area contributed by atoms with E-state index >= 15 is 0 Å². The second-order valence-corrected chi connectivity index (χ2v) is 5.72. The fourth-order valence-corrected chi connectivity index (χ4v) is 2.16. The van der Waals surface area contributed by atoms with Crippen molar-refractivity contribution in [2.24, 2.45) is 11.3 Å². The maximum Gasteiger partial charge on any atom is 0.0656 e. The molecule has 1 rings (SSSR count). The second kappa shape index (κ2) is 5.65. The van der Waals surface area contributed by atoms with Gasteiger partial charge in [0.25, 0.3) is 0 Å². The molecule has 0 saturated heterocycles. The summed E-state index contributed by atoms with van der Waals surface area (Å²) in [6.45, 7) is 7.79. The molecule has 0 saturated carbocycles. The molecule has 96 valence electrons. The zero-order valence-electron chi connectivity index (χ0n) is 11.2. The van der Waals surface area contributed by atoms with Crippen molar-refractivity contribution in [3.05, 3.63) is 35.9 Å². The van der Waals surface area contributed by atoms with Crippen molar-refractivity contribution in [3.8, 4) is 0 Å². The molecule has 2 nitrogen and oxygen atoms in total. The maximum atomic E-state index is 10.3. The van der Waals surface area contributed by atoms with Crippen LogP contribution in [0.1, 0.15) is 33.3 Å². The monoisotopic (exact) mass is 236 g/mol. The molecule has 0 aliphatic rings. The van der Waals surface area contributed by atoms with Crippen molar-refractivity contribution in [1.29, 1.82) is 0 Å². The van der Waals surface area contributed by atoms with Crippen molar-refractivity contribution >= 4 is 0 Å². The number of aliphatic hydroxyl groups is 2. The van der Waals surface area contributed by atoms with E-state index in [1.165, 1.54) is 0 Å². The van der Waals surface area contributed by atoms with Gasteiger partial charge in [-0.2, -0.15) is 0 Å². The van der Waals surface area contributed by atoms with Gasteiger partial charge >= 0.3 is 0 Å². The summed E-state index contributed by atoms with van der Waals surface area (Å²) >= 11 is 0. The molecule has 0 radical (unpaired) electrons. The van der Waals surface area contributed by atoms with Gasteiger partial charge in [-0.1, -0.05) is 58.0 Å². The Morgan fingerprint density at radius 2 is 1.59 bits per heavy atom. The number of aliphatic hydroxyl groups excluding tert-OH is 2. The van der Waals surface area contributed by atoms with Crippen LogP contribution < -0.4 is 0 Å². The van der Waals surface area contributed by atoms with Gasteiger partial charge in [-0.25, -0.2) is 0 Å². The minimum absolute atomic E-state index is 0.149. The van der Waals surface area contributed by atoms with Gasteiger partial charge in [0.15, 0.2) is 0 Å². The van der Waals surface area contributed by atoms with Crippen LogP contribution in [0, 0.1) is 11.3 Å². The molecule has 0 fully saturated rings. The van der Waals surface area contributed by atoms with Crippen LogP contribution >= 0.6 is 0 Å². The van der Waals surface area contributed by atoms with Crippen molar-refractivity contribution in [1.82, 2.24) is 0 Å². The Balaban J connectivity index is 2.72. The zero-order valence-corrected chi connectivity index (χ0v) is 11.2. The van der Waals surface area contributed by atoms with Gasteiger partial charge < -0.3 is 10.2 Å². The smallest absolute Gasteiger partial charge is 0.0656 e. The first-order valence-electron chi connectivity index (χ1n) is 6.25. The minimum Gasteiger partial charge on any atom is -0.392 e. The van der Waals surface area contributed by atoms with E-state index in [1.54, 1.807) is 0 Å². The van der Waals surface area contributed by atoms with Crippen LogP contribution in [-0.2, 0) is 6.42 Å². The third-order valence-corrected chi connectivity index (χ3v) is 3.52. The summed E-state index contributed by atoms with van der Waals surface area (Å²) in [5, 5.41) is 20.4. The largest absolute Gasteiger partial charge is 0.392 e. The number of benzene rings is 1. The van der Waals surface area contributed by atoms with Crippen LogP contribution in [-0.4, -0.2) is 22.4 Å². The molecule has 17 heavy (non-hydrogen) atoms. The molecule has 2 atom stereocenters. The summed E-state index contributed by atoms with van der Waals surface area (Å²) in [6, 6.07) is 9.90. The summed E-state index contributed by atoms with van der Waals surface area (Å²) in [7, 11) is 0. The van der Waals surface area contributed by atoms with Crippen molar-refractivity contribution in [3.63, 3.8) is 0 Å². The molecule has 2 N–H and O–H groups in total. The number of hydrogen-bond donors (Lipinski definition) is 2. The van der Waals surface area contributed by atoms with Gasteiger partial charge in [-0.15, -0.1) is 0 Å². The first-order valence-corrected chi connectivity index (χ1v) is 6.25. The van der Waals surface area contributed by atoms with E-state index in [0.29, 0.717) is 6.42 Å². The highest BCUT2D eigenvalue weighted by Crippen LogP contribution is 2.31. The van der Waals surface area contributed by atoms with Crippen LogP contribution in [0.4, 0.5) is 0 Å². The summed E-state index contributed by atoms with van der Waals surface area (Å²) in [6.07, 6.45) is -0.457. The van der Waals surface area contributed by atoms with Gasteiger partial charge in [0, 0.05) is 5.41 Å². The van der Waals surface area contributed by atoms with E-state index < -0.39 is 17.6 Å². The van der Waals surface area contributed by atoms with Crippen molar-refractivity contribution in [2.75, 3.05) is 0 Å². The Morgan fingerprint density at radius 3 is 2.06 bits per heavy atom. The van der Waals surface area contributed by atoms with Crippen LogP contribution in [0.5, 0.6) is 0 Å². The summed E-state index contributed by atoms with van der Waals surface area (Å²) < 4.78 is 0. The van der Waals surface area contributed by atoms with E-state index in [1.807, 2.05) is 58.0 Å². The zero-order chi connectivity index (χ0) is 13.1. The quantitative estimate of drug-likeness (QED) is 0.825. The summed E-state index contributed by atoms with van der Waals surface area (Å²) in [4.78, 5) is 0. The third kappa shape index (κ3) is 3.55. The van der Waals surface area contributed by atoms with Gasteiger partial charge in [0.2, 0.25) is 0 Å². The molecule has 2 unspecified atom stereocenters. The average Bonchev–Trinajstić information content (AvgIpc) is 2.29. The molecule has 1 aromatic rings. The highest BCUT2D eigenvalue weighted by molar-refractivity contribution is 5.16. The van der Waals surface area contributed by atoms with Crippen LogP contribution in [0.3, 0.4) is 0 Å².